The topological polar surface area (TPSA) is 36.7 Å². The summed E-state index contributed by atoms with van der Waals surface area (Å²) in [5, 5.41) is 11.0. The van der Waals surface area contributed by atoms with E-state index in [1.165, 1.54) is 4.70 Å². The number of nitrogens with zero attached hydrogens (tertiary/aromatic N) is 2. The normalized spacial score (nSPS) is 10.6. The van der Waals surface area contributed by atoms with Crippen LogP contribution in [0.25, 0.3) is 21.0 Å². The summed E-state index contributed by atoms with van der Waals surface area (Å²) < 4.78 is 1.19. The van der Waals surface area contributed by atoms with Gasteiger partial charge in [-0.3, -0.25) is 0 Å². The number of hydrogen-bond donors (Lipinski definition) is 0. The first kappa shape index (κ1) is 8.39. The van der Waals surface area contributed by atoms with Gasteiger partial charge >= 0.3 is 0 Å². The van der Waals surface area contributed by atoms with Crippen molar-refractivity contribution in [3.63, 3.8) is 0 Å². The highest BCUT2D eigenvalue weighted by atomic mass is 32.1. The van der Waals surface area contributed by atoms with Crippen molar-refractivity contribution < 1.29 is 0 Å². The average molecular weight is 210 g/mol. The van der Waals surface area contributed by atoms with Crippen LogP contribution in [0.4, 0.5) is 0 Å². The van der Waals surface area contributed by atoms with Crippen LogP contribution in [-0.4, -0.2) is 4.98 Å². The van der Waals surface area contributed by atoms with Crippen molar-refractivity contribution in [1.29, 1.82) is 5.26 Å². The van der Waals surface area contributed by atoms with Gasteiger partial charge in [-0.25, -0.2) is 4.98 Å². The van der Waals surface area contributed by atoms with E-state index in [0.717, 1.165) is 16.3 Å². The molecule has 0 N–H and O–H groups in total. The zero-order valence-corrected chi connectivity index (χ0v) is 8.58. The SMILES string of the molecule is N#Cc1ccc2c(ccc3scnc32)c1. The van der Waals surface area contributed by atoms with E-state index in [1.54, 1.807) is 11.3 Å². The lowest BCUT2D eigenvalue weighted by Crippen LogP contribution is -1.78. The summed E-state index contributed by atoms with van der Waals surface area (Å²) in [6, 6.07) is 11.9. The number of thiazole rings is 1. The van der Waals surface area contributed by atoms with Crippen molar-refractivity contribution in [3.8, 4) is 6.07 Å². The summed E-state index contributed by atoms with van der Waals surface area (Å²) in [6.45, 7) is 0. The molecular weight excluding hydrogens is 204 g/mol. The van der Waals surface area contributed by atoms with Gasteiger partial charge in [-0.1, -0.05) is 12.1 Å². The monoisotopic (exact) mass is 210 g/mol. The smallest absolute Gasteiger partial charge is 0.0991 e. The van der Waals surface area contributed by atoms with Crippen LogP contribution in [0.5, 0.6) is 0 Å². The molecule has 1 aromatic heterocycles. The molecule has 2 nitrogen and oxygen atoms in total. The largest absolute Gasteiger partial charge is 0.244 e. The molecule has 2 aromatic carbocycles. The van der Waals surface area contributed by atoms with Gasteiger partial charge in [-0.15, -0.1) is 11.3 Å². The zero-order valence-electron chi connectivity index (χ0n) is 7.77. The molecule has 0 aliphatic rings. The lowest BCUT2D eigenvalue weighted by atomic mass is 10.1. The molecule has 0 atom stereocenters. The molecule has 0 aliphatic carbocycles. The molecule has 0 fully saturated rings. The summed E-state index contributed by atoms with van der Waals surface area (Å²) >= 11 is 1.64. The van der Waals surface area contributed by atoms with Crippen LogP contribution in [-0.2, 0) is 0 Å². The molecule has 0 bridgehead atoms. The van der Waals surface area contributed by atoms with Crippen molar-refractivity contribution in [1.82, 2.24) is 4.98 Å². The van der Waals surface area contributed by atoms with E-state index in [0.29, 0.717) is 5.56 Å². The highest BCUT2D eigenvalue weighted by Crippen LogP contribution is 2.27. The Labute approximate surface area is 90.4 Å². The van der Waals surface area contributed by atoms with Crippen LogP contribution in [0.15, 0.2) is 35.8 Å². The molecule has 70 valence electrons. The van der Waals surface area contributed by atoms with Crippen molar-refractivity contribution in [2.24, 2.45) is 0 Å². The Hall–Kier alpha value is -1.92. The first-order chi connectivity index (χ1) is 7.38. The van der Waals surface area contributed by atoms with Gasteiger partial charge in [0.1, 0.15) is 0 Å². The fraction of sp³-hybridized carbons (Fsp3) is 0. The Kier molecular flexibility index (Phi) is 1.70. The second-order valence-corrected chi connectivity index (χ2v) is 4.20. The minimum absolute atomic E-state index is 0.692. The van der Waals surface area contributed by atoms with Crippen LogP contribution in [0, 0.1) is 11.3 Å². The van der Waals surface area contributed by atoms with E-state index in [1.807, 2.05) is 29.8 Å². The van der Waals surface area contributed by atoms with Crippen LogP contribution in [0.1, 0.15) is 5.56 Å². The van der Waals surface area contributed by atoms with Crippen molar-refractivity contribution in [2.75, 3.05) is 0 Å². The van der Waals surface area contributed by atoms with Gasteiger partial charge in [0, 0.05) is 5.39 Å². The molecule has 3 heteroatoms. The van der Waals surface area contributed by atoms with E-state index in [4.69, 9.17) is 5.26 Å². The standard InChI is InChI=1S/C12H6N2S/c13-6-8-1-3-10-9(5-8)2-4-11-12(10)14-7-15-11/h1-5,7H. The Morgan fingerprint density at radius 3 is 3.00 bits per heavy atom. The van der Waals surface area contributed by atoms with Crippen LogP contribution in [0.3, 0.4) is 0 Å². The minimum Gasteiger partial charge on any atom is -0.244 e. The molecule has 0 saturated carbocycles. The van der Waals surface area contributed by atoms with Gasteiger partial charge in [-0.2, -0.15) is 5.26 Å². The van der Waals surface area contributed by atoms with E-state index in [9.17, 15) is 0 Å². The molecule has 3 rings (SSSR count). The fourth-order valence-electron chi connectivity index (χ4n) is 1.73. The van der Waals surface area contributed by atoms with Crippen LogP contribution in [0.2, 0.25) is 0 Å². The summed E-state index contributed by atoms with van der Waals surface area (Å²) in [5.74, 6) is 0. The second-order valence-electron chi connectivity index (χ2n) is 3.31. The highest BCUT2D eigenvalue weighted by molar-refractivity contribution is 7.16. The molecule has 0 saturated heterocycles. The first-order valence-electron chi connectivity index (χ1n) is 4.54. The number of nitriles is 1. The molecule has 0 amide bonds. The maximum atomic E-state index is 8.81. The van der Waals surface area contributed by atoms with Crippen LogP contribution >= 0.6 is 11.3 Å². The summed E-state index contributed by atoms with van der Waals surface area (Å²) in [5.41, 5.74) is 3.57. The molecular formula is C12H6N2S. The van der Waals surface area contributed by atoms with Gasteiger partial charge < -0.3 is 0 Å². The summed E-state index contributed by atoms with van der Waals surface area (Å²) in [7, 11) is 0. The second kappa shape index (κ2) is 3.04. The van der Waals surface area contributed by atoms with Gasteiger partial charge in [0.2, 0.25) is 0 Å². The maximum Gasteiger partial charge on any atom is 0.0991 e. The highest BCUT2D eigenvalue weighted by Gasteiger charge is 2.03. The lowest BCUT2D eigenvalue weighted by Gasteiger charge is -1.98. The van der Waals surface area contributed by atoms with Crippen molar-refractivity contribution in [2.45, 2.75) is 0 Å². The number of fused-ring (bicyclic) bond motifs is 3. The van der Waals surface area contributed by atoms with E-state index in [2.05, 4.69) is 17.1 Å². The summed E-state index contributed by atoms with van der Waals surface area (Å²) in [4.78, 5) is 4.34. The molecule has 15 heavy (non-hydrogen) atoms. The number of hydrogen-bond acceptors (Lipinski definition) is 3. The first-order valence-corrected chi connectivity index (χ1v) is 5.42. The van der Waals surface area contributed by atoms with Gasteiger partial charge in [-0.05, 0) is 23.6 Å². The Morgan fingerprint density at radius 1 is 1.20 bits per heavy atom. The Morgan fingerprint density at radius 2 is 2.13 bits per heavy atom. The summed E-state index contributed by atoms with van der Waals surface area (Å²) in [6.07, 6.45) is 0. The molecule has 1 heterocycles. The van der Waals surface area contributed by atoms with Gasteiger partial charge in [0.25, 0.3) is 0 Å². The lowest BCUT2D eigenvalue weighted by molar-refractivity contribution is 1.49. The Bertz CT molecular complexity index is 691. The molecule has 0 aliphatic heterocycles. The number of rotatable bonds is 0. The third kappa shape index (κ3) is 1.19. The van der Waals surface area contributed by atoms with E-state index < -0.39 is 0 Å². The molecule has 0 unspecified atom stereocenters. The third-order valence-corrected chi connectivity index (χ3v) is 3.24. The molecule has 0 radical (unpaired) electrons. The average Bonchev–Trinajstić information content (AvgIpc) is 2.76. The van der Waals surface area contributed by atoms with E-state index >= 15 is 0 Å². The maximum absolute atomic E-state index is 8.81. The zero-order chi connectivity index (χ0) is 10.3. The van der Waals surface area contributed by atoms with Gasteiger partial charge in [0.05, 0.1) is 27.4 Å². The predicted molar refractivity (Wildman–Crippen MR) is 61.8 cm³/mol. The molecule has 3 aromatic rings. The predicted octanol–water partition coefficient (Wildman–Crippen LogP) is 3.32. The number of aromatic nitrogens is 1. The van der Waals surface area contributed by atoms with E-state index in [-0.39, 0.29) is 0 Å². The molecule has 0 spiro atoms. The fourth-order valence-corrected chi connectivity index (χ4v) is 2.42. The number of benzene rings is 2. The van der Waals surface area contributed by atoms with Gasteiger partial charge in [0.15, 0.2) is 0 Å². The third-order valence-electron chi connectivity index (χ3n) is 2.44. The Balaban J connectivity index is 2.50. The van der Waals surface area contributed by atoms with Crippen LogP contribution < -0.4 is 0 Å². The van der Waals surface area contributed by atoms with Crippen molar-refractivity contribution in [3.05, 3.63) is 41.4 Å². The quantitative estimate of drug-likeness (QED) is 0.570. The minimum atomic E-state index is 0.692. The van der Waals surface area contributed by atoms with Crippen molar-refractivity contribution >= 4 is 32.3 Å².